The molecule has 0 atom stereocenters. The Morgan fingerprint density at radius 3 is 1.81 bits per heavy atom. The number of fused-ring (bicyclic) bond motifs is 1. The van der Waals surface area contributed by atoms with Gasteiger partial charge in [-0.2, -0.15) is 0 Å². The molecule has 36 heavy (non-hydrogen) atoms. The number of hydrogen-bond donors (Lipinski definition) is 1. The molecular weight excluding hydrogens is 498 g/mol. The van der Waals surface area contributed by atoms with Crippen molar-refractivity contribution in [2.75, 3.05) is 0 Å². The predicted molar refractivity (Wildman–Crippen MR) is 140 cm³/mol. The summed E-state index contributed by atoms with van der Waals surface area (Å²) in [6.07, 6.45) is 0. The third kappa shape index (κ3) is 3.61. The molecule has 6 rings (SSSR count). The molecule has 5 aromatic rings. The van der Waals surface area contributed by atoms with Crippen LogP contribution in [0.25, 0.3) is 31.5 Å². The van der Waals surface area contributed by atoms with E-state index in [1.807, 2.05) is 31.2 Å². The minimum Gasteiger partial charge on any atom is -0.494 e. The van der Waals surface area contributed by atoms with Gasteiger partial charge >= 0.3 is 0 Å². The summed E-state index contributed by atoms with van der Waals surface area (Å²) >= 11 is 2.90. The van der Waals surface area contributed by atoms with Crippen LogP contribution in [-0.4, -0.2) is 21.3 Å². The fourth-order valence-electron chi connectivity index (χ4n) is 4.46. The van der Waals surface area contributed by atoms with Crippen LogP contribution in [0.1, 0.15) is 27.7 Å². The Bertz CT molecular complexity index is 1660. The third-order valence-corrected chi connectivity index (χ3v) is 8.43. The molecule has 0 fully saturated rings. The van der Waals surface area contributed by atoms with E-state index in [-0.39, 0.29) is 17.5 Å². The van der Waals surface area contributed by atoms with Crippen molar-refractivity contribution in [3.63, 3.8) is 0 Å². The Morgan fingerprint density at radius 1 is 0.750 bits per heavy atom. The molecule has 0 saturated carbocycles. The molecule has 4 heterocycles. The summed E-state index contributed by atoms with van der Waals surface area (Å²) in [6.45, 7) is 2.37. The van der Waals surface area contributed by atoms with E-state index in [2.05, 4.69) is 4.99 Å². The van der Waals surface area contributed by atoms with Gasteiger partial charge in [-0.1, -0.05) is 24.3 Å². The van der Waals surface area contributed by atoms with Crippen LogP contribution in [0.2, 0.25) is 0 Å². The second-order valence-electron chi connectivity index (χ2n) is 8.27. The van der Waals surface area contributed by atoms with Gasteiger partial charge in [0.25, 0.3) is 5.91 Å². The van der Waals surface area contributed by atoms with Gasteiger partial charge in [0.15, 0.2) is 0 Å². The smallest absolute Gasteiger partial charge is 0.280 e. The number of hydrogen-bond acceptors (Lipinski definition) is 4. The van der Waals surface area contributed by atoms with Crippen LogP contribution in [-0.2, 0) is 6.54 Å². The summed E-state index contributed by atoms with van der Waals surface area (Å²) in [5.41, 5.74) is 3.62. The minimum absolute atomic E-state index is 0.000523. The lowest BCUT2D eigenvalue weighted by atomic mass is 10.1. The molecule has 1 aliphatic rings. The summed E-state index contributed by atoms with van der Waals surface area (Å²) in [6, 6.07) is 20.1. The first-order valence-electron chi connectivity index (χ1n) is 11.3. The molecule has 0 spiro atoms. The lowest BCUT2D eigenvalue weighted by molar-refractivity contribution is 0.101. The quantitative estimate of drug-likeness (QED) is 0.261. The third-order valence-electron chi connectivity index (χ3n) is 6.15. The highest BCUT2D eigenvalue weighted by Gasteiger charge is 2.36. The molecule has 0 unspecified atom stereocenters. The summed E-state index contributed by atoms with van der Waals surface area (Å²) in [4.78, 5) is 20.9. The Morgan fingerprint density at radius 2 is 1.25 bits per heavy atom. The van der Waals surface area contributed by atoms with Crippen LogP contribution in [0.4, 0.5) is 8.78 Å². The molecule has 1 amide bonds. The maximum Gasteiger partial charge on any atom is 0.280 e. The average Bonchev–Trinajstić information content (AvgIpc) is 3.65. The Labute approximate surface area is 213 Å². The van der Waals surface area contributed by atoms with E-state index in [4.69, 9.17) is 0 Å². The molecule has 0 aliphatic carbocycles. The lowest BCUT2D eigenvalue weighted by Gasteiger charge is -2.08. The van der Waals surface area contributed by atoms with Crippen LogP contribution in [0.5, 0.6) is 5.88 Å². The number of aromatic nitrogens is 1. The van der Waals surface area contributed by atoms with Crippen molar-refractivity contribution in [1.29, 1.82) is 0 Å². The van der Waals surface area contributed by atoms with Gasteiger partial charge in [-0.05, 0) is 66.6 Å². The molecule has 1 aliphatic heterocycles. The zero-order chi connectivity index (χ0) is 25.0. The number of thiophene rings is 2. The van der Waals surface area contributed by atoms with Crippen molar-refractivity contribution in [3.8, 4) is 37.3 Å². The van der Waals surface area contributed by atoms with Crippen molar-refractivity contribution in [2.24, 2.45) is 4.99 Å². The number of amides is 1. The molecule has 1 N–H and O–H groups in total. The highest BCUT2D eigenvalue weighted by atomic mass is 32.1. The molecule has 0 radical (unpaired) electrons. The Balaban J connectivity index is 1.43. The number of aliphatic imine (C=N–C) groups is 1. The van der Waals surface area contributed by atoms with Crippen LogP contribution in [0.3, 0.4) is 0 Å². The molecule has 0 bridgehead atoms. The fraction of sp³-hybridized carbons (Fsp3) is 0.0714. The van der Waals surface area contributed by atoms with Crippen LogP contribution < -0.4 is 0 Å². The number of rotatable bonds is 5. The minimum atomic E-state index is -0.397. The normalized spacial score (nSPS) is 12.8. The number of aromatic hydroxyl groups is 1. The zero-order valence-electron chi connectivity index (χ0n) is 19.0. The average molecular weight is 517 g/mol. The van der Waals surface area contributed by atoms with E-state index in [1.165, 1.54) is 46.9 Å². The standard InChI is InChI=1S/C28H18F2N2O2S2/c1-2-32-26(22-14-12-20(36-22)16-5-9-18(30)10-6-16)24-23(28(32)34)25(31-27(24)33)21-13-11-19(35-21)15-3-7-17(29)8-4-15/h3-14,34H,2H2,1H3. The molecule has 8 heteroatoms. The molecule has 2 aromatic carbocycles. The van der Waals surface area contributed by atoms with E-state index in [0.29, 0.717) is 29.1 Å². The van der Waals surface area contributed by atoms with E-state index >= 15 is 0 Å². The van der Waals surface area contributed by atoms with Gasteiger partial charge < -0.3 is 9.67 Å². The Kier molecular flexibility index (Phi) is 5.43. The molecular formula is C28H18F2N2O2S2. The largest absolute Gasteiger partial charge is 0.494 e. The molecule has 3 aromatic heterocycles. The number of carbonyl (C=O) groups is 1. The van der Waals surface area contributed by atoms with Crippen molar-refractivity contribution < 1.29 is 18.7 Å². The number of benzene rings is 2. The van der Waals surface area contributed by atoms with E-state index in [0.717, 1.165) is 30.6 Å². The predicted octanol–water partition coefficient (Wildman–Crippen LogP) is 7.61. The van der Waals surface area contributed by atoms with E-state index < -0.39 is 5.91 Å². The van der Waals surface area contributed by atoms with Crippen molar-refractivity contribution in [3.05, 3.63) is 100 Å². The van der Waals surface area contributed by atoms with Gasteiger partial charge in [0, 0.05) is 16.3 Å². The van der Waals surface area contributed by atoms with Gasteiger partial charge in [-0.15, -0.1) is 22.7 Å². The summed E-state index contributed by atoms with van der Waals surface area (Å²) in [5.74, 6) is -1.00. The molecule has 4 nitrogen and oxygen atoms in total. The highest BCUT2D eigenvalue weighted by Crippen LogP contribution is 2.45. The topological polar surface area (TPSA) is 54.6 Å². The van der Waals surface area contributed by atoms with E-state index in [9.17, 15) is 18.7 Å². The fourth-order valence-corrected chi connectivity index (χ4v) is 6.54. The zero-order valence-corrected chi connectivity index (χ0v) is 20.6. The summed E-state index contributed by atoms with van der Waals surface area (Å²) in [7, 11) is 0. The van der Waals surface area contributed by atoms with Crippen LogP contribution in [0, 0.1) is 11.6 Å². The summed E-state index contributed by atoms with van der Waals surface area (Å²) < 4.78 is 28.4. The van der Waals surface area contributed by atoms with Crippen molar-refractivity contribution in [1.82, 2.24) is 4.57 Å². The SMILES string of the molecule is CCn1c(O)c2c(c1-c1ccc(-c3ccc(F)cc3)s1)C(=O)N=C2c1ccc(-c2ccc(F)cc2)s1. The first-order valence-corrected chi connectivity index (χ1v) is 12.9. The first-order chi connectivity index (χ1) is 17.4. The maximum atomic E-state index is 13.4. The van der Waals surface area contributed by atoms with Gasteiger partial charge in [0.2, 0.25) is 5.88 Å². The lowest BCUT2D eigenvalue weighted by Crippen LogP contribution is -2.01. The van der Waals surface area contributed by atoms with E-state index in [1.54, 1.807) is 28.8 Å². The van der Waals surface area contributed by atoms with Crippen LogP contribution >= 0.6 is 22.7 Å². The number of halogens is 2. The summed E-state index contributed by atoms with van der Waals surface area (Å²) in [5, 5.41) is 11.2. The van der Waals surface area contributed by atoms with Gasteiger partial charge in [0.05, 0.1) is 32.3 Å². The Hall–Kier alpha value is -3.88. The molecule has 178 valence electrons. The van der Waals surface area contributed by atoms with Crippen molar-refractivity contribution in [2.45, 2.75) is 13.5 Å². The van der Waals surface area contributed by atoms with Gasteiger partial charge in [-0.25, -0.2) is 13.8 Å². The highest BCUT2D eigenvalue weighted by molar-refractivity contribution is 7.19. The van der Waals surface area contributed by atoms with Crippen molar-refractivity contribution >= 4 is 34.3 Å². The maximum absolute atomic E-state index is 13.4. The van der Waals surface area contributed by atoms with Gasteiger partial charge in [0.1, 0.15) is 11.6 Å². The second-order valence-corrected chi connectivity index (χ2v) is 10.4. The van der Waals surface area contributed by atoms with Gasteiger partial charge in [-0.3, -0.25) is 4.79 Å². The number of nitrogens with zero attached hydrogens (tertiary/aromatic N) is 2. The first kappa shape index (κ1) is 22.6. The monoisotopic (exact) mass is 516 g/mol. The molecule has 0 saturated heterocycles. The van der Waals surface area contributed by atoms with Crippen LogP contribution in [0.15, 0.2) is 77.8 Å². The second kappa shape index (κ2) is 8.65. The number of carbonyl (C=O) groups excluding carboxylic acids is 1.